The van der Waals surface area contributed by atoms with Gasteiger partial charge >= 0.3 is 12.1 Å². The van der Waals surface area contributed by atoms with Gasteiger partial charge in [-0.05, 0) is 30.2 Å². The predicted octanol–water partition coefficient (Wildman–Crippen LogP) is 4.88. The molecule has 0 spiro atoms. The van der Waals surface area contributed by atoms with Crippen molar-refractivity contribution in [2.45, 2.75) is 29.7 Å². The van der Waals surface area contributed by atoms with E-state index >= 15 is 0 Å². The van der Waals surface area contributed by atoms with Gasteiger partial charge < -0.3 is 20.5 Å². The Kier molecular flexibility index (Phi) is 8.16. The Balaban J connectivity index is 1.86. The predicted molar refractivity (Wildman–Crippen MR) is 126 cm³/mol. The summed E-state index contributed by atoms with van der Waals surface area (Å²) in [5.74, 6) is -0.575. The number of aryl methyl sites for hydroxylation is 1. The highest BCUT2D eigenvalue weighted by Crippen LogP contribution is 2.40. The highest BCUT2D eigenvalue weighted by Gasteiger charge is 2.34. The Hall–Kier alpha value is -3.45. The number of nitrogen functional groups attached to an aromatic ring is 1. The van der Waals surface area contributed by atoms with Crippen molar-refractivity contribution in [3.8, 4) is 0 Å². The number of rotatable bonds is 8. The fourth-order valence-corrected chi connectivity index (χ4v) is 4.33. The lowest BCUT2D eigenvalue weighted by molar-refractivity contribution is -0.143. The average molecular weight is 451 g/mol. The van der Waals surface area contributed by atoms with Gasteiger partial charge in [-0.3, -0.25) is 0 Å². The van der Waals surface area contributed by atoms with E-state index in [0.717, 1.165) is 21.6 Å². The summed E-state index contributed by atoms with van der Waals surface area (Å²) in [5, 5.41) is 2.20. The average Bonchev–Trinajstić information content (AvgIpc) is 2.82. The van der Waals surface area contributed by atoms with Crippen LogP contribution < -0.4 is 11.1 Å². The fraction of sp³-hybridized carbons (Fsp3) is 0.200. The van der Waals surface area contributed by atoms with Crippen LogP contribution in [0.5, 0.6) is 0 Å². The van der Waals surface area contributed by atoms with E-state index in [1.54, 1.807) is 6.07 Å². The number of benzene rings is 3. The molecule has 166 valence electrons. The molecule has 0 saturated carbocycles. The molecule has 1 amide bonds. The number of anilines is 1. The number of nitrogens with one attached hydrogen (secondary N) is 1. The number of carbonyl (C=O) groups is 2. The third kappa shape index (κ3) is 6.28. The number of hydrogen-bond donors (Lipinski definition) is 2. The van der Waals surface area contributed by atoms with Gasteiger partial charge in [0.05, 0.1) is 12.4 Å². The molecule has 3 aromatic carbocycles. The second-order valence-electron chi connectivity index (χ2n) is 7.19. The molecule has 0 aliphatic rings. The number of nitrogens with two attached hydrogens (primary N) is 1. The summed E-state index contributed by atoms with van der Waals surface area (Å²) in [4.78, 5) is 26.1. The number of carbonyl (C=O) groups excluding carboxylic acids is 2. The van der Waals surface area contributed by atoms with Gasteiger partial charge in [0, 0.05) is 10.6 Å². The number of para-hydroxylation sites is 1. The number of ether oxygens (including phenoxy) is 2. The number of amides is 1. The van der Waals surface area contributed by atoms with E-state index in [9.17, 15) is 9.59 Å². The summed E-state index contributed by atoms with van der Waals surface area (Å²) in [6.07, 6.45) is -0.706. The van der Waals surface area contributed by atoms with Crippen LogP contribution >= 0.6 is 11.8 Å². The van der Waals surface area contributed by atoms with Crippen LogP contribution in [0.25, 0.3) is 0 Å². The molecule has 0 aliphatic carbocycles. The minimum atomic E-state index is -0.990. The molecular formula is C25H26N2O4S. The first-order valence-corrected chi connectivity index (χ1v) is 11.0. The molecule has 2 atom stereocenters. The molecule has 3 aromatic rings. The zero-order valence-corrected chi connectivity index (χ0v) is 18.8. The van der Waals surface area contributed by atoms with E-state index in [1.165, 1.54) is 18.9 Å². The fourth-order valence-electron chi connectivity index (χ4n) is 3.09. The molecule has 0 fully saturated rings. The topological polar surface area (TPSA) is 90.6 Å². The van der Waals surface area contributed by atoms with Gasteiger partial charge in [-0.2, -0.15) is 0 Å². The van der Waals surface area contributed by atoms with E-state index in [1.807, 2.05) is 79.7 Å². The van der Waals surface area contributed by atoms with E-state index in [0.29, 0.717) is 5.69 Å². The van der Waals surface area contributed by atoms with Crippen molar-refractivity contribution in [3.63, 3.8) is 0 Å². The van der Waals surface area contributed by atoms with Crippen LogP contribution in [-0.4, -0.2) is 25.2 Å². The first-order chi connectivity index (χ1) is 15.5. The number of alkyl carbamates (subject to hydrolysis) is 1. The highest BCUT2D eigenvalue weighted by molar-refractivity contribution is 7.99. The Bertz CT molecular complexity index is 1040. The quantitative estimate of drug-likeness (QED) is 0.289. The minimum Gasteiger partial charge on any atom is -0.467 e. The molecule has 32 heavy (non-hydrogen) atoms. The SMILES string of the molecule is COC(=O)C(NC(=O)OCc1ccccc1)C(Sc1ccccc1N)c1ccc(C)cc1. The molecule has 2 unspecified atom stereocenters. The van der Waals surface area contributed by atoms with Gasteiger partial charge in [-0.1, -0.05) is 72.3 Å². The normalized spacial score (nSPS) is 12.4. The molecule has 0 radical (unpaired) electrons. The summed E-state index contributed by atoms with van der Waals surface area (Å²) in [6.45, 7) is 2.08. The lowest BCUT2D eigenvalue weighted by Gasteiger charge is -2.26. The third-order valence-corrected chi connectivity index (χ3v) is 6.25. The molecule has 0 heterocycles. The lowest BCUT2D eigenvalue weighted by Crippen LogP contribution is -2.45. The Morgan fingerprint density at radius 1 is 0.969 bits per heavy atom. The lowest BCUT2D eigenvalue weighted by atomic mass is 10.0. The van der Waals surface area contributed by atoms with E-state index in [-0.39, 0.29) is 6.61 Å². The summed E-state index contributed by atoms with van der Waals surface area (Å²) in [6, 6.07) is 23.5. The van der Waals surface area contributed by atoms with Crippen LogP contribution in [0.1, 0.15) is 21.9 Å². The van der Waals surface area contributed by atoms with Crippen LogP contribution in [0.3, 0.4) is 0 Å². The molecule has 3 N–H and O–H groups in total. The van der Waals surface area contributed by atoms with Crippen LogP contribution in [-0.2, 0) is 20.9 Å². The second kappa shape index (κ2) is 11.2. The second-order valence-corrected chi connectivity index (χ2v) is 8.38. The van der Waals surface area contributed by atoms with Gasteiger partial charge in [0.1, 0.15) is 12.6 Å². The number of methoxy groups -OCH3 is 1. The molecule has 7 heteroatoms. The monoisotopic (exact) mass is 450 g/mol. The Labute approximate surface area is 192 Å². The van der Waals surface area contributed by atoms with E-state index < -0.39 is 23.4 Å². The molecule has 0 bridgehead atoms. The summed E-state index contributed by atoms with van der Waals surface area (Å²) in [5.41, 5.74) is 9.51. The third-order valence-electron chi connectivity index (χ3n) is 4.82. The maximum atomic E-state index is 12.7. The van der Waals surface area contributed by atoms with Crippen molar-refractivity contribution in [3.05, 3.63) is 95.6 Å². The van der Waals surface area contributed by atoms with Gasteiger partial charge in [0.2, 0.25) is 0 Å². The standard InChI is InChI=1S/C25H26N2O4S/c1-17-12-14-19(15-13-17)23(32-21-11-7-6-10-20(21)26)22(24(28)30-2)27-25(29)31-16-18-8-4-3-5-9-18/h3-15,22-23H,16,26H2,1-2H3,(H,27,29). The van der Waals surface area contributed by atoms with Crippen LogP contribution in [0.15, 0.2) is 83.8 Å². The summed E-state index contributed by atoms with van der Waals surface area (Å²) in [7, 11) is 1.29. The molecule has 6 nitrogen and oxygen atoms in total. The summed E-state index contributed by atoms with van der Waals surface area (Å²) >= 11 is 1.39. The Morgan fingerprint density at radius 3 is 2.28 bits per heavy atom. The van der Waals surface area contributed by atoms with E-state index in [2.05, 4.69) is 5.32 Å². The highest BCUT2D eigenvalue weighted by atomic mass is 32.2. The first kappa shape index (κ1) is 23.2. The maximum absolute atomic E-state index is 12.7. The smallest absolute Gasteiger partial charge is 0.408 e. The summed E-state index contributed by atoms with van der Waals surface area (Å²) < 4.78 is 10.4. The Morgan fingerprint density at radius 2 is 1.62 bits per heavy atom. The maximum Gasteiger partial charge on any atom is 0.408 e. The van der Waals surface area contributed by atoms with Gasteiger partial charge in [-0.15, -0.1) is 11.8 Å². The molecule has 3 rings (SSSR count). The van der Waals surface area contributed by atoms with Gasteiger partial charge in [-0.25, -0.2) is 9.59 Å². The van der Waals surface area contributed by atoms with E-state index in [4.69, 9.17) is 15.2 Å². The van der Waals surface area contributed by atoms with Crippen molar-refractivity contribution in [2.75, 3.05) is 12.8 Å². The van der Waals surface area contributed by atoms with Crippen molar-refractivity contribution in [1.29, 1.82) is 0 Å². The molecule has 0 saturated heterocycles. The molecular weight excluding hydrogens is 424 g/mol. The molecule has 0 aromatic heterocycles. The van der Waals surface area contributed by atoms with Crippen LogP contribution in [0, 0.1) is 6.92 Å². The number of thioether (sulfide) groups is 1. The van der Waals surface area contributed by atoms with Gasteiger partial charge in [0.25, 0.3) is 0 Å². The zero-order chi connectivity index (χ0) is 22.9. The first-order valence-electron chi connectivity index (χ1n) is 10.1. The van der Waals surface area contributed by atoms with Crippen molar-refractivity contribution in [2.24, 2.45) is 0 Å². The van der Waals surface area contributed by atoms with Crippen molar-refractivity contribution >= 4 is 29.5 Å². The number of esters is 1. The zero-order valence-electron chi connectivity index (χ0n) is 18.0. The van der Waals surface area contributed by atoms with Gasteiger partial charge in [0.15, 0.2) is 0 Å². The van der Waals surface area contributed by atoms with Crippen molar-refractivity contribution < 1.29 is 19.1 Å². The number of hydrogen-bond acceptors (Lipinski definition) is 6. The minimum absolute atomic E-state index is 0.0918. The van der Waals surface area contributed by atoms with Crippen molar-refractivity contribution in [1.82, 2.24) is 5.32 Å². The largest absolute Gasteiger partial charge is 0.467 e. The molecule has 0 aliphatic heterocycles. The van der Waals surface area contributed by atoms with Crippen LogP contribution in [0.4, 0.5) is 10.5 Å². The van der Waals surface area contributed by atoms with Crippen LogP contribution in [0.2, 0.25) is 0 Å².